The maximum absolute atomic E-state index is 12.4. The lowest BCUT2D eigenvalue weighted by Crippen LogP contribution is -2.07. The van der Waals surface area contributed by atoms with Crippen molar-refractivity contribution < 1.29 is 13.2 Å². The van der Waals surface area contributed by atoms with Gasteiger partial charge in [0.2, 0.25) is 0 Å². The Morgan fingerprint density at radius 3 is 2.12 bits per heavy atom. The molecule has 0 aliphatic carbocycles. The van der Waals surface area contributed by atoms with E-state index >= 15 is 0 Å². The lowest BCUT2D eigenvalue weighted by atomic mass is 10.1. The van der Waals surface area contributed by atoms with Gasteiger partial charge in [-0.2, -0.15) is 13.2 Å². The second-order valence-electron chi connectivity index (χ2n) is 3.12. The molecule has 0 radical (unpaired) electrons. The molecule has 0 atom stereocenters. The normalized spacial score (nSPS) is 10.1. The van der Waals surface area contributed by atoms with E-state index in [0.717, 1.165) is 12.1 Å². The van der Waals surface area contributed by atoms with Crippen LogP contribution in [0.3, 0.4) is 0 Å². The van der Waals surface area contributed by atoms with Crippen LogP contribution in [0.15, 0.2) is 18.2 Å². The number of nitrogens with one attached hydrogen (secondary N) is 1. The first-order valence-electron chi connectivity index (χ1n) is 4.36. The molecule has 0 saturated carbocycles. The van der Waals surface area contributed by atoms with Crippen molar-refractivity contribution in [1.82, 2.24) is 0 Å². The van der Waals surface area contributed by atoms with Crippen molar-refractivity contribution in [3.63, 3.8) is 0 Å². The van der Waals surface area contributed by atoms with Crippen LogP contribution in [0.25, 0.3) is 0 Å². The van der Waals surface area contributed by atoms with Crippen LogP contribution in [-0.2, 0) is 6.18 Å². The van der Waals surface area contributed by atoms with Gasteiger partial charge in [-0.1, -0.05) is 14.9 Å². The smallest absolute Gasteiger partial charge is 0.385 e. The predicted octanol–water partition coefficient (Wildman–Crippen LogP) is 4.72. The third kappa shape index (κ3) is 4.55. The molecule has 0 fully saturated rings. The zero-order valence-corrected chi connectivity index (χ0v) is 8.07. The number of halogens is 3. The molecule has 1 nitrogen and oxygen atoms in total. The molecular formula is C12H20F3N. The Balaban J connectivity index is 0. The third-order valence-corrected chi connectivity index (χ3v) is 1.79. The number of anilines is 1. The minimum atomic E-state index is -4.27. The van der Waals surface area contributed by atoms with E-state index < -0.39 is 11.7 Å². The second-order valence-corrected chi connectivity index (χ2v) is 3.12. The second kappa shape index (κ2) is 6.40. The zero-order valence-electron chi connectivity index (χ0n) is 8.07. The maximum atomic E-state index is 12.4. The van der Waals surface area contributed by atoms with Crippen molar-refractivity contribution in [2.45, 2.75) is 34.9 Å². The highest BCUT2D eigenvalue weighted by Gasteiger charge is 2.30. The van der Waals surface area contributed by atoms with Gasteiger partial charge in [-0.3, -0.25) is 0 Å². The molecule has 0 heterocycles. The molecule has 1 aromatic rings. The predicted molar refractivity (Wildman–Crippen MR) is 63.8 cm³/mol. The molecule has 0 aliphatic rings. The summed E-state index contributed by atoms with van der Waals surface area (Å²) in [5.41, 5.74) is 0.518. The summed E-state index contributed by atoms with van der Waals surface area (Å²) in [6.45, 7) is 4.10. The highest BCUT2D eigenvalue weighted by atomic mass is 19.4. The number of benzene rings is 1. The van der Waals surface area contributed by atoms with Crippen LogP contribution >= 0.6 is 0 Å². The quantitative estimate of drug-likeness (QED) is 0.782. The molecule has 0 spiro atoms. The van der Waals surface area contributed by atoms with Crippen LogP contribution in [0.5, 0.6) is 0 Å². The van der Waals surface area contributed by atoms with Crippen LogP contribution in [0.2, 0.25) is 0 Å². The minimum absolute atomic E-state index is 0. The molecular weight excluding hydrogens is 215 g/mol. The summed E-state index contributed by atoms with van der Waals surface area (Å²) in [5.74, 6) is 0. The van der Waals surface area contributed by atoms with E-state index in [4.69, 9.17) is 0 Å². The van der Waals surface area contributed by atoms with Crippen molar-refractivity contribution in [2.75, 3.05) is 11.9 Å². The van der Waals surface area contributed by atoms with Crippen molar-refractivity contribution in [2.24, 2.45) is 0 Å². The van der Waals surface area contributed by atoms with Gasteiger partial charge in [0.15, 0.2) is 0 Å². The summed E-state index contributed by atoms with van der Waals surface area (Å²) in [7, 11) is 0. The summed E-state index contributed by atoms with van der Waals surface area (Å²) >= 11 is 0. The van der Waals surface area contributed by atoms with Crippen LogP contribution < -0.4 is 5.32 Å². The molecule has 94 valence electrons. The number of alkyl halides is 3. The van der Waals surface area contributed by atoms with E-state index in [1.165, 1.54) is 0 Å². The topological polar surface area (TPSA) is 12.0 Å². The fourth-order valence-corrected chi connectivity index (χ4v) is 1.25. The summed E-state index contributed by atoms with van der Waals surface area (Å²) in [5, 5.41) is 2.86. The Bertz CT molecular complexity index is 319. The summed E-state index contributed by atoms with van der Waals surface area (Å²) in [6.07, 6.45) is -4.27. The molecule has 0 saturated heterocycles. The molecule has 0 aliphatic heterocycles. The molecule has 1 rings (SSSR count). The molecule has 1 N–H and O–H groups in total. The Morgan fingerprint density at radius 2 is 1.69 bits per heavy atom. The van der Waals surface area contributed by atoms with E-state index in [9.17, 15) is 13.2 Å². The number of hydrogen-bond donors (Lipinski definition) is 1. The van der Waals surface area contributed by atoms with Gasteiger partial charge >= 0.3 is 6.18 Å². The molecule has 16 heavy (non-hydrogen) atoms. The zero-order chi connectivity index (χ0) is 10.8. The van der Waals surface area contributed by atoms with Gasteiger partial charge in [0.05, 0.1) is 5.56 Å². The van der Waals surface area contributed by atoms with Crippen molar-refractivity contribution in [3.05, 3.63) is 29.3 Å². The summed E-state index contributed by atoms with van der Waals surface area (Å²) in [4.78, 5) is 0. The van der Waals surface area contributed by atoms with Gasteiger partial charge in [0.25, 0.3) is 0 Å². The maximum Gasteiger partial charge on any atom is 0.416 e. The van der Waals surface area contributed by atoms with Gasteiger partial charge in [-0.15, -0.1) is 0 Å². The molecule has 1 aromatic carbocycles. The van der Waals surface area contributed by atoms with Crippen LogP contribution in [0.4, 0.5) is 18.9 Å². The van der Waals surface area contributed by atoms with Crippen molar-refractivity contribution in [3.8, 4) is 0 Å². The highest BCUT2D eigenvalue weighted by Crippen LogP contribution is 2.31. The SMILES string of the molecule is C.C.CCNc1cc(C)cc(C(F)(F)F)c1. The largest absolute Gasteiger partial charge is 0.416 e. The van der Waals surface area contributed by atoms with Gasteiger partial charge in [-0.05, 0) is 37.6 Å². The van der Waals surface area contributed by atoms with E-state index in [1.807, 2.05) is 6.92 Å². The minimum Gasteiger partial charge on any atom is -0.385 e. The van der Waals surface area contributed by atoms with Gasteiger partial charge in [0, 0.05) is 12.2 Å². The first-order valence-corrected chi connectivity index (χ1v) is 4.36. The fourth-order valence-electron chi connectivity index (χ4n) is 1.25. The highest BCUT2D eigenvalue weighted by molar-refractivity contribution is 5.49. The molecule has 4 heteroatoms. The monoisotopic (exact) mass is 235 g/mol. The van der Waals surface area contributed by atoms with E-state index in [2.05, 4.69) is 5.32 Å². The Labute approximate surface area is 95.7 Å². The first kappa shape index (κ1) is 17.2. The molecule has 0 unspecified atom stereocenters. The van der Waals surface area contributed by atoms with Crippen LogP contribution in [-0.4, -0.2) is 6.54 Å². The van der Waals surface area contributed by atoms with Crippen LogP contribution in [0.1, 0.15) is 32.9 Å². The van der Waals surface area contributed by atoms with Gasteiger partial charge < -0.3 is 5.32 Å². The van der Waals surface area contributed by atoms with Gasteiger partial charge in [0.1, 0.15) is 0 Å². The van der Waals surface area contributed by atoms with Crippen molar-refractivity contribution in [1.29, 1.82) is 0 Å². The number of aryl methyl sites for hydroxylation is 1. The standard InChI is InChI=1S/C10H12F3N.2CH4/c1-3-14-9-5-7(2)4-8(6-9)10(11,12)13;;/h4-6,14H,3H2,1-2H3;2*1H4. The number of hydrogen-bond acceptors (Lipinski definition) is 1. The summed E-state index contributed by atoms with van der Waals surface area (Å²) < 4.78 is 37.1. The molecule has 0 aromatic heterocycles. The fraction of sp³-hybridized carbons (Fsp3) is 0.500. The Kier molecular flexibility index (Phi) is 6.89. The first-order chi connectivity index (χ1) is 6.43. The third-order valence-electron chi connectivity index (χ3n) is 1.79. The average Bonchev–Trinajstić information content (AvgIpc) is 2.02. The van der Waals surface area contributed by atoms with E-state index in [0.29, 0.717) is 17.8 Å². The molecule has 0 amide bonds. The summed E-state index contributed by atoms with van der Waals surface area (Å²) in [6, 6.07) is 3.95. The van der Waals surface area contributed by atoms with Gasteiger partial charge in [-0.25, -0.2) is 0 Å². The van der Waals surface area contributed by atoms with E-state index in [1.54, 1.807) is 13.0 Å². The average molecular weight is 235 g/mol. The Hall–Kier alpha value is -1.19. The number of rotatable bonds is 2. The van der Waals surface area contributed by atoms with E-state index in [-0.39, 0.29) is 14.9 Å². The van der Waals surface area contributed by atoms with Crippen molar-refractivity contribution >= 4 is 5.69 Å². The lowest BCUT2D eigenvalue weighted by Gasteiger charge is -2.11. The lowest BCUT2D eigenvalue weighted by molar-refractivity contribution is -0.137. The Morgan fingerprint density at radius 1 is 1.12 bits per heavy atom. The molecule has 0 bridgehead atoms. The van der Waals surface area contributed by atoms with Crippen LogP contribution in [0, 0.1) is 6.92 Å².